The van der Waals surface area contributed by atoms with Crippen LogP contribution in [0, 0.1) is 13.8 Å². The first kappa shape index (κ1) is 10.7. The number of hydrogen-bond donors (Lipinski definition) is 1. The van der Waals surface area contributed by atoms with Crippen LogP contribution in [0.3, 0.4) is 0 Å². The van der Waals surface area contributed by atoms with Gasteiger partial charge >= 0.3 is 0 Å². The van der Waals surface area contributed by atoms with Crippen molar-refractivity contribution in [3.8, 4) is 11.4 Å². The van der Waals surface area contributed by atoms with Gasteiger partial charge < -0.3 is 5.73 Å². The minimum Gasteiger partial charge on any atom is -0.398 e. The summed E-state index contributed by atoms with van der Waals surface area (Å²) in [6.07, 6.45) is 0. The van der Waals surface area contributed by atoms with E-state index in [4.69, 9.17) is 5.73 Å². The molecule has 0 aliphatic carbocycles. The van der Waals surface area contributed by atoms with Crippen molar-refractivity contribution in [3.63, 3.8) is 0 Å². The molecule has 0 atom stereocenters. The van der Waals surface area contributed by atoms with Crippen molar-refractivity contribution in [2.24, 2.45) is 0 Å². The second-order valence-electron chi connectivity index (χ2n) is 4.29. The molecule has 1 aromatic carbocycles. The van der Waals surface area contributed by atoms with Gasteiger partial charge in [-0.05, 0) is 32.0 Å². The maximum absolute atomic E-state index is 5.98. The van der Waals surface area contributed by atoms with Gasteiger partial charge in [0.25, 0.3) is 5.78 Å². The Labute approximate surface area is 104 Å². The van der Waals surface area contributed by atoms with Crippen molar-refractivity contribution in [3.05, 3.63) is 41.7 Å². The summed E-state index contributed by atoms with van der Waals surface area (Å²) in [6, 6.07) is 9.62. The highest BCUT2D eigenvalue weighted by atomic mass is 15.3. The summed E-state index contributed by atoms with van der Waals surface area (Å²) in [5, 5.41) is 8.30. The van der Waals surface area contributed by atoms with Gasteiger partial charge in [-0.15, -0.1) is 10.2 Å². The van der Waals surface area contributed by atoms with Gasteiger partial charge in [0.05, 0.1) is 0 Å². The molecule has 0 saturated heterocycles. The first-order valence-electron chi connectivity index (χ1n) is 5.71. The van der Waals surface area contributed by atoms with E-state index >= 15 is 0 Å². The fraction of sp³-hybridized carbons (Fsp3) is 0.154. The van der Waals surface area contributed by atoms with E-state index in [9.17, 15) is 0 Å². The van der Waals surface area contributed by atoms with Crippen molar-refractivity contribution in [1.29, 1.82) is 0 Å². The predicted molar refractivity (Wildman–Crippen MR) is 70.1 cm³/mol. The van der Waals surface area contributed by atoms with Crippen LogP contribution < -0.4 is 5.73 Å². The zero-order valence-corrected chi connectivity index (χ0v) is 10.3. The predicted octanol–water partition coefficient (Wildman–Crippen LogP) is 1.99. The minimum atomic E-state index is 0.603. The Morgan fingerprint density at radius 2 is 1.89 bits per heavy atom. The molecule has 90 valence electrons. The molecule has 18 heavy (non-hydrogen) atoms. The lowest BCUT2D eigenvalue weighted by molar-refractivity contribution is 1.02. The van der Waals surface area contributed by atoms with Gasteiger partial charge in [0.1, 0.15) is 0 Å². The fourth-order valence-corrected chi connectivity index (χ4v) is 2.11. The third-order valence-electron chi connectivity index (χ3n) is 2.89. The monoisotopic (exact) mass is 239 g/mol. The highest BCUT2D eigenvalue weighted by molar-refractivity contribution is 5.72. The SMILES string of the molecule is Cc1cc(C)n2c(-c3ccccc3N)nnc2n1. The van der Waals surface area contributed by atoms with Gasteiger partial charge in [0, 0.05) is 22.6 Å². The maximum Gasteiger partial charge on any atom is 0.255 e. The smallest absolute Gasteiger partial charge is 0.255 e. The van der Waals surface area contributed by atoms with Gasteiger partial charge in [0.15, 0.2) is 5.82 Å². The van der Waals surface area contributed by atoms with Crippen LogP contribution in [0.2, 0.25) is 0 Å². The molecule has 0 spiro atoms. The lowest BCUT2D eigenvalue weighted by Gasteiger charge is -2.06. The highest BCUT2D eigenvalue weighted by Gasteiger charge is 2.13. The molecule has 0 amide bonds. The molecule has 2 N–H and O–H groups in total. The fourth-order valence-electron chi connectivity index (χ4n) is 2.11. The third-order valence-corrected chi connectivity index (χ3v) is 2.89. The second-order valence-corrected chi connectivity index (χ2v) is 4.29. The summed E-state index contributed by atoms with van der Waals surface area (Å²) in [6.45, 7) is 3.95. The molecule has 3 rings (SSSR count). The molecule has 0 bridgehead atoms. The van der Waals surface area contributed by atoms with Crippen molar-refractivity contribution in [2.45, 2.75) is 13.8 Å². The number of para-hydroxylation sites is 1. The van der Waals surface area contributed by atoms with E-state index in [-0.39, 0.29) is 0 Å². The Bertz CT molecular complexity index is 729. The van der Waals surface area contributed by atoms with E-state index < -0.39 is 0 Å². The average molecular weight is 239 g/mol. The topological polar surface area (TPSA) is 69.1 Å². The Kier molecular flexibility index (Phi) is 2.26. The quantitative estimate of drug-likeness (QED) is 0.659. The van der Waals surface area contributed by atoms with E-state index in [1.807, 2.05) is 48.6 Å². The van der Waals surface area contributed by atoms with E-state index in [1.54, 1.807) is 0 Å². The first-order valence-corrected chi connectivity index (χ1v) is 5.71. The Hall–Kier alpha value is -2.43. The van der Waals surface area contributed by atoms with Gasteiger partial charge in [0.2, 0.25) is 0 Å². The number of nitrogens with zero attached hydrogens (tertiary/aromatic N) is 4. The Morgan fingerprint density at radius 3 is 2.67 bits per heavy atom. The zero-order chi connectivity index (χ0) is 12.7. The molecule has 3 aromatic rings. The van der Waals surface area contributed by atoms with Crippen LogP contribution in [0.1, 0.15) is 11.4 Å². The van der Waals surface area contributed by atoms with Crippen LogP contribution in [0.25, 0.3) is 17.2 Å². The molecule has 5 heteroatoms. The average Bonchev–Trinajstić information content (AvgIpc) is 2.73. The van der Waals surface area contributed by atoms with Crippen molar-refractivity contribution >= 4 is 11.5 Å². The molecule has 5 nitrogen and oxygen atoms in total. The van der Waals surface area contributed by atoms with Gasteiger partial charge in [-0.3, -0.25) is 4.40 Å². The molecule has 0 aliphatic rings. The van der Waals surface area contributed by atoms with Gasteiger partial charge in [-0.1, -0.05) is 12.1 Å². The zero-order valence-electron chi connectivity index (χ0n) is 10.3. The van der Waals surface area contributed by atoms with Crippen molar-refractivity contribution in [2.75, 3.05) is 5.73 Å². The second kappa shape index (κ2) is 3.80. The highest BCUT2D eigenvalue weighted by Crippen LogP contribution is 2.24. The minimum absolute atomic E-state index is 0.603. The van der Waals surface area contributed by atoms with Crippen LogP contribution in [-0.4, -0.2) is 19.6 Å². The molecule has 0 saturated carbocycles. The van der Waals surface area contributed by atoms with Crippen LogP contribution in [-0.2, 0) is 0 Å². The summed E-state index contributed by atoms with van der Waals surface area (Å²) >= 11 is 0. The third kappa shape index (κ3) is 1.52. The van der Waals surface area contributed by atoms with Gasteiger partial charge in [-0.25, -0.2) is 4.98 Å². The summed E-state index contributed by atoms with van der Waals surface area (Å²) in [7, 11) is 0. The number of nitrogen functional groups attached to an aromatic ring is 1. The molecule has 0 unspecified atom stereocenters. The normalized spacial score (nSPS) is 11.0. The largest absolute Gasteiger partial charge is 0.398 e. The van der Waals surface area contributed by atoms with E-state index in [0.717, 1.165) is 22.8 Å². The number of anilines is 1. The Morgan fingerprint density at radius 1 is 1.11 bits per heavy atom. The molecular weight excluding hydrogens is 226 g/mol. The van der Waals surface area contributed by atoms with Crippen molar-refractivity contribution < 1.29 is 0 Å². The lowest BCUT2D eigenvalue weighted by Crippen LogP contribution is -1.99. The number of rotatable bonds is 1. The summed E-state index contributed by atoms with van der Waals surface area (Å²) in [5.74, 6) is 1.33. The summed E-state index contributed by atoms with van der Waals surface area (Å²) in [4.78, 5) is 4.36. The summed E-state index contributed by atoms with van der Waals surface area (Å²) < 4.78 is 1.92. The molecule has 0 aliphatic heterocycles. The van der Waals surface area contributed by atoms with Crippen LogP contribution in [0.5, 0.6) is 0 Å². The van der Waals surface area contributed by atoms with Crippen LogP contribution in [0.15, 0.2) is 30.3 Å². The number of hydrogen-bond acceptors (Lipinski definition) is 4. The number of aryl methyl sites for hydroxylation is 2. The Balaban J connectivity index is 2.35. The number of aromatic nitrogens is 4. The van der Waals surface area contributed by atoms with Crippen LogP contribution in [0.4, 0.5) is 5.69 Å². The molecule has 2 aromatic heterocycles. The van der Waals surface area contributed by atoms with Crippen molar-refractivity contribution in [1.82, 2.24) is 19.6 Å². The molecular formula is C13H13N5. The first-order chi connectivity index (χ1) is 8.66. The summed E-state index contributed by atoms with van der Waals surface area (Å²) in [5.41, 5.74) is 9.51. The van der Waals surface area contributed by atoms with Gasteiger partial charge in [-0.2, -0.15) is 0 Å². The lowest BCUT2D eigenvalue weighted by atomic mass is 10.1. The molecule has 0 fully saturated rings. The number of benzene rings is 1. The van der Waals surface area contributed by atoms with Crippen LogP contribution >= 0.6 is 0 Å². The molecule has 2 heterocycles. The standard InChI is InChI=1S/C13H13N5/c1-8-7-9(2)18-12(16-17-13(18)15-8)10-5-3-4-6-11(10)14/h3-7H,14H2,1-2H3. The number of nitrogens with two attached hydrogens (primary N) is 1. The van der Waals surface area contributed by atoms with E-state index in [1.165, 1.54) is 0 Å². The molecule has 0 radical (unpaired) electrons. The number of fused-ring (bicyclic) bond motifs is 1. The van der Waals surface area contributed by atoms with E-state index in [0.29, 0.717) is 11.5 Å². The maximum atomic E-state index is 5.98. The van der Waals surface area contributed by atoms with E-state index in [2.05, 4.69) is 15.2 Å².